The van der Waals surface area contributed by atoms with Gasteiger partial charge in [-0.15, -0.1) is 0 Å². The quantitative estimate of drug-likeness (QED) is 0.783. The first-order valence-corrected chi connectivity index (χ1v) is 6.38. The van der Waals surface area contributed by atoms with E-state index in [0.717, 1.165) is 25.9 Å². The molecule has 0 fully saturated rings. The van der Waals surface area contributed by atoms with Crippen molar-refractivity contribution in [1.82, 2.24) is 14.7 Å². The monoisotopic (exact) mass is 239 g/mol. The first-order valence-electron chi connectivity index (χ1n) is 6.38. The zero-order valence-electron chi connectivity index (χ0n) is 11.4. The molecule has 0 amide bonds. The summed E-state index contributed by atoms with van der Waals surface area (Å²) in [7, 11) is 1.94. The number of hydrogen-bond acceptors (Lipinski definition) is 3. The molecule has 0 saturated heterocycles. The van der Waals surface area contributed by atoms with Crippen LogP contribution in [0, 0.1) is 0 Å². The van der Waals surface area contributed by atoms with E-state index in [1.165, 1.54) is 5.56 Å². The number of aliphatic hydroxyl groups is 1. The van der Waals surface area contributed by atoms with E-state index >= 15 is 0 Å². The molecule has 0 bridgehead atoms. The van der Waals surface area contributed by atoms with Gasteiger partial charge in [-0.25, -0.2) is 0 Å². The molecular weight excluding hydrogens is 214 g/mol. The van der Waals surface area contributed by atoms with Gasteiger partial charge < -0.3 is 5.11 Å². The number of hydrogen-bond donors (Lipinski definition) is 1. The van der Waals surface area contributed by atoms with Crippen LogP contribution >= 0.6 is 0 Å². The van der Waals surface area contributed by atoms with E-state index in [2.05, 4.69) is 30.0 Å². The van der Waals surface area contributed by atoms with Gasteiger partial charge >= 0.3 is 0 Å². The minimum Gasteiger partial charge on any atom is -0.392 e. The predicted molar refractivity (Wildman–Crippen MR) is 69.9 cm³/mol. The minimum atomic E-state index is -0.254. The van der Waals surface area contributed by atoms with E-state index in [1.807, 2.05) is 24.9 Å². The minimum absolute atomic E-state index is 0.254. The summed E-state index contributed by atoms with van der Waals surface area (Å²) in [5, 5.41) is 13.6. The highest BCUT2D eigenvalue weighted by Gasteiger charge is 2.11. The van der Waals surface area contributed by atoms with Gasteiger partial charge in [-0.1, -0.05) is 0 Å². The SMILES string of the molecule is CC(O)CN(CCCc1cnn(C)c1)C(C)C. The molecule has 0 aliphatic rings. The number of aliphatic hydroxyl groups excluding tert-OH is 1. The fourth-order valence-electron chi connectivity index (χ4n) is 1.99. The molecule has 1 aromatic rings. The summed E-state index contributed by atoms with van der Waals surface area (Å²) in [6, 6.07) is 0.485. The zero-order chi connectivity index (χ0) is 12.8. The first kappa shape index (κ1) is 14.2. The third kappa shape index (κ3) is 5.33. The van der Waals surface area contributed by atoms with Gasteiger partial charge in [0.25, 0.3) is 0 Å². The summed E-state index contributed by atoms with van der Waals surface area (Å²) in [5.41, 5.74) is 1.29. The molecule has 0 radical (unpaired) electrons. The summed E-state index contributed by atoms with van der Waals surface area (Å²) >= 11 is 0. The van der Waals surface area contributed by atoms with Gasteiger partial charge in [-0.3, -0.25) is 9.58 Å². The Hall–Kier alpha value is -0.870. The molecule has 0 aliphatic carbocycles. The molecule has 1 N–H and O–H groups in total. The van der Waals surface area contributed by atoms with E-state index in [4.69, 9.17) is 0 Å². The summed E-state index contributed by atoms with van der Waals surface area (Å²) in [4.78, 5) is 2.32. The molecule has 1 rings (SSSR count). The fraction of sp³-hybridized carbons (Fsp3) is 0.769. The molecule has 1 aromatic heterocycles. The lowest BCUT2D eigenvalue weighted by molar-refractivity contribution is 0.107. The van der Waals surface area contributed by atoms with E-state index < -0.39 is 0 Å². The van der Waals surface area contributed by atoms with Crippen molar-refractivity contribution in [3.63, 3.8) is 0 Å². The first-order chi connectivity index (χ1) is 7.99. The second-order valence-electron chi connectivity index (χ2n) is 5.06. The summed E-state index contributed by atoms with van der Waals surface area (Å²) in [5.74, 6) is 0. The number of nitrogens with zero attached hydrogens (tertiary/aromatic N) is 3. The highest BCUT2D eigenvalue weighted by atomic mass is 16.3. The van der Waals surface area contributed by atoms with E-state index in [-0.39, 0.29) is 6.10 Å². The Bertz CT molecular complexity index is 320. The molecule has 0 aliphatic heterocycles. The topological polar surface area (TPSA) is 41.3 Å². The molecule has 98 valence electrons. The Balaban J connectivity index is 2.31. The Morgan fingerprint density at radius 1 is 1.41 bits per heavy atom. The molecular formula is C13H25N3O. The van der Waals surface area contributed by atoms with Gasteiger partial charge in [-0.05, 0) is 45.7 Å². The van der Waals surface area contributed by atoms with Crippen molar-refractivity contribution in [3.8, 4) is 0 Å². The van der Waals surface area contributed by atoms with E-state index in [1.54, 1.807) is 0 Å². The van der Waals surface area contributed by atoms with Gasteiger partial charge in [0, 0.05) is 25.8 Å². The molecule has 4 nitrogen and oxygen atoms in total. The maximum atomic E-state index is 9.44. The van der Waals surface area contributed by atoms with Crippen molar-refractivity contribution < 1.29 is 5.11 Å². The van der Waals surface area contributed by atoms with E-state index in [9.17, 15) is 5.11 Å². The Morgan fingerprint density at radius 2 is 2.12 bits per heavy atom. The number of aryl methyl sites for hydroxylation is 2. The average Bonchev–Trinajstić information content (AvgIpc) is 2.62. The highest BCUT2D eigenvalue weighted by Crippen LogP contribution is 2.06. The molecule has 1 heterocycles. The Morgan fingerprint density at radius 3 is 2.59 bits per heavy atom. The second kappa shape index (κ2) is 6.77. The second-order valence-corrected chi connectivity index (χ2v) is 5.06. The maximum Gasteiger partial charge on any atom is 0.0639 e. The van der Waals surface area contributed by atoms with Crippen LogP contribution in [0.4, 0.5) is 0 Å². The van der Waals surface area contributed by atoms with Gasteiger partial charge in [-0.2, -0.15) is 5.10 Å². The van der Waals surface area contributed by atoms with Crippen LogP contribution in [0.15, 0.2) is 12.4 Å². The van der Waals surface area contributed by atoms with Crippen LogP contribution in [-0.4, -0.2) is 45.0 Å². The van der Waals surface area contributed by atoms with Crippen molar-refractivity contribution in [3.05, 3.63) is 18.0 Å². The number of aromatic nitrogens is 2. The Kier molecular flexibility index (Phi) is 5.65. The third-order valence-electron chi connectivity index (χ3n) is 2.90. The lowest BCUT2D eigenvalue weighted by Gasteiger charge is -2.27. The summed E-state index contributed by atoms with van der Waals surface area (Å²) in [6.45, 7) is 7.97. The number of rotatable bonds is 7. The smallest absolute Gasteiger partial charge is 0.0639 e. The van der Waals surface area contributed by atoms with Gasteiger partial charge in [0.2, 0.25) is 0 Å². The molecule has 0 spiro atoms. The van der Waals surface area contributed by atoms with Crippen LogP contribution in [-0.2, 0) is 13.5 Å². The summed E-state index contributed by atoms with van der Waals surface area (Å²) in [6.07, 6.45) is 5.90. The third-order valence-corrected chi connectivity index (χ3v) is 2.90. The highest BCUT2D eigenvalue weighted by molar-refractivity contribution is 5.03. The predicted octanol–water partition coefficient (Wildman–Crippen LogP) is 1.44. The van der Waals surface area contributed by atoms with Crippen LogP contribution in [0.5, 0.6) is 0 Å². The van der Waals surface area contributed by atoms with Gasteiger partial charge in [0.1, 0.15) is 0 Å². The van der Waals surface area contributed by atoms with Crippen LogP contribution < -0.4 is 0 Å². The van der Waals surface area contributed by atoms with Gasteiger partial charge in [0.05, 0.1) is 12.3 Å². The fourth-order valence-corrected chi connectivity index (χ4v) is 1.99. The van der Waals surface area contributed by atoms with E-state index in [0.29, 0.717) is 6.04 Å². The van der Waals surface area contributed by atoms with Crippen LogP contribution in [0.2, 0.25) is 0 Å². The Labute approximate surface area is 104 Å². The van der Waals surface area contributed by atoms with Crippen molar-refractivity contribution in [1.29, 1.82) is 0 Å². The van der Waals surface area contributed by atoms with Crippen LogP contribution in [0.3, 0.4) is 0 Å². The van der Waals surface area contributed by atoms with Crippen molar-refractivity contribution in [2.75, 3.05) is 13.1 Å². The standard InChI is InChI=1S/C13H25N3O/c1-11(2)16(9-12(3)17)7-5-6-13-8-14-15(4)10-13/h8,10-12,17H,5-7,9H2,1-4H3. The normalized spacial score (nSPS) is 13.6. The van der Waals surface area contributed by atoms with Crippen molar-refractivity contribution in [2.45, 2.75) is 45.8 Å². The van der Waals surface area contributed by atoms with Gasteiger partial charge in [0.15, 0.2) is 0 Å². The lowest BCUT2D eigenvalue weighted by Crippen LogP contribution is -2.37. The molecule has 0 saturated carbocycles. The maximum absolute atomic E-state index is 9.44. The lowest BCUT2D eigenvalue weighted by atomic mass is 10.1. The molecule has 1 unspecified atom stereocenters. The van der Waals surface area contributed by atoms with Crippen molar-refractivity contribution in [2.24, 2.45) is 7.05 Å². The van der Waals surface area contributed by atoms with Crippen LogP contribution in [0.1, 0.15) is 32.8 Å². The molecule has 17 heavy (non-hydrogen) atoms. The van der Waals surface area contributed by atoms with Crippen LogP contribution in [0.25, 0.3) is 0 Å². The summed E-state index contributed by atoms with van der Waals surface area (Å²) < 4.78 is 1.84. The average molecular weight is 239 g/mol. The molecule has 0 aromatic carbocycles. The zero-order valence-corrected chi connectivity index (χ0v) is 11.4. The van der Waals surface area contributed by atoms with Crippen molar-refractivity contribution >= 4 is 0 Å². The molecule has 1 atom stereocenters. The largest absolute Gasteiger partial charge is 0.392 e. The molecule has 4 heteroatoms.